The molecule has 2 aliphatic rings. The quantitative estimate of drug-likeness (QED) is 0.658. The molecule has 1 heterocycles. The number of benzene rings is 1. The molecule has 1 fully saturated rings. The lowest BCUT2D eigenvalue weighted by molar-refractivity contribution is 0.169. The first-order chi connectivity index (χ1) is 7.77. The predicted molar refractivity (Wildman–Crippen MR) is 65.7 cm³/mol. The monoisotopic (exact) mass is 218 g/mol. The Morgan fingerprint density at radius 2 is 2.06 bits per heavy atom. The first-order valence-electron chi connectivity index (χ1n) is 6.04. The molecule has 1 aliphatic carbocycles. The number of nitrogens with two attached hydrogens (primary N) is 1. The van der Waals surface area contributed by atoms with Gasteiger partial charge in [0.1, 0.15) is 5.75 Å². The third-order valence-corrected chi connectivity index (χ3v) is 3.86. The van der Waals surface area contributed by atoms with E-state index in [1.165, 1.54) is 25.7 Å². The van der Waals surface area contributed by atoms with Crippen molar-refractivity contribution in [3.63, 3.8) is 0 Å². The lowest BCUT2D eigenvalue weighted by atomic mass is 9.87. The zero-order valence-corrected chi connectivity index (χ0v) is 9.46. The fourth-order valence-electron chi connectivity index (χ4n) is 2.82. The van der Waals surface area contributed by atoms with Gasteiger partial charge in [0, 0.05) is 23.7 Å². The Bertz CT molecular complexity index is 397. The van der Waals surface area contributed by atoms with E-state index in [-0.39, 0.29) is 0 Å². The standard InChI is InChI=1S/C13H18N2O/c14-10-3-4-11-12(7-10)16-9-13(8-15-11)5-1-2-6-13/h3-4,7,15H,1-2,5-6,8-9,14H2. The normalized spacial score (nSPS) is 22.0. The van der Waals surface area contributed by atoms with Gasteiger partial charge in [-0.1, -0.05) is 12.8 Å². The van der Waals surface area contributed by atoms with Gasteiger partial charge in [-0.05, 0) is 25.0 Å². The highest BCUT2D eigenvalue weighted by Gasteiger charge is 2.36. The minimum atomic E-state index is 0.355. The Morgan fingerprint density at radius 3 is 2.88 bits per heavy atom. The van der Waals surface area contributed by atoms with Crippen molar-refractivity contribution in [3.8, 4) is 5.75 Å². The molecule has 0 saturated heterocycles. The highest BCUT2D eigenvalue weighted by Crippen LogP contribution is 2.42. The molecule has 16 heavy (non-hydrogen) atoms. The molecular weight excluding hydrogens is 200 g/mol. The van der Waals surface area contributed by atoms with Gasteiger partial charge in [-0.2, -0.15) is 0 Å². The molecule has 0 amide bonds. The van der Waals surface area contributed by atoms with E-state index < -0.39 is 0 Å². The van der Waals surface area contributed by atoms with Crippen molar-refractivity contribution in [1.82, 2.24) is 0 Å². The van der Waals surface area contributed by atoms with Crippen molar-refractivity contribution >= 4 is 11.4 Å². The molecule has 0 atom stereocenters. The smallest absolute Gasteiger partial charge is 0.144 e. The topological polar surface area (TPSA) is 47.3 Å². The fourth-order valence-corrected chi connectivity index (χ4v) is 2.82. The third kappa shape index (κ3) is 1.60. The van der Waals surface area contributed by atoms with Crippen LogP contribution in [0.15, 0.2) is 18.2 Å². The molecule has 1 aliphatic heterocycles. The third-order valence-electron chi connectivity index (χ3n) is 3.86. The van der Waals surface area contributed by atoms with Gasteiger partial charge in [0.05, 0.1) is 12.3 Å². The summed E-state index contributed by atoms with van der Waals surface area (Å²) in [6, 6.07) is 5.84. The summed E-state index contributed by atoms with van der Waals surface area (Å²) >= 11 is 0. The largest absolute Gasteiger partial charge is 0.491 e. The second-order valence-corrected chi connectivity index (χ2v) is 5.10. The number of ether oxygens (including phenoxy) is 1. The molecule has 3 nitrogen and oxygen atoms in total. The molecule has 3 rings (SSSR count). The van der Waals surface area contributed by atoms with Gasteiger partial charge < -0.3 is 15.8 Å². The molecule has 0 aromatic heterocycles. The first-order valence-corrected chi connectivity index (χ1v) is 6.04. The SMILES string of the molecule is Nc1ccc2c(c1)OCC1(CCCC1)CN2. The zero-order chi connectivity index (χ0) is 11.0. The minimum Gasteiger partial charge on any atom is -0.491 e. The van der Waals surface area contributed by atoms with Crippen LogP contribution in [0.2, 0.25) is 0 Å². The zero-order valence-electron chi connectivity index (χ0n) is 9.46. The molecule has 0 unspecified atom stereocenters. The van der Waals surface area contributed by atoms with Crippen molar-refractivity contribution in [1.29, 1.82) is 0 Å². The molecule has 1 spiro atoms. The number of anilines is 2. The molecule has 1 aromatic rings. The van der Waals surface area contributed by atoms with Crippen LogP contribution in [0.5, 0.6) is 5.75 Å². The maximum absolute atomic E-state index is 5.92. The molecular formula is C13H18N2O. The highest BCUT2D eigenvalue weighted by atomic mass is 16.5. The van der Waals surface area contributed by atoms with Crippen molar-refractivity contribution in [2.75, 3.05) is 24.2 Å². The van der Waals surface area contributed by atoms with Gasteiger partial charge in [0.15, 0.2) is 0 Å². The number of rotatable bonds is 0. The van der Waals surface area contributed by atoms with E-state index in [0.717, 1.165) is 30.3 Å². The van der Waals surface area contributed by atoms with Gasteiger partial charge in [0.2, 0.25) is 0 Å². The van der Waals surface area contributed by atoms with E-state index in [0.29, 0.717) is 5.41 Å². The van der Waals surface area contributed by atoms with E-state index in [1.807, 2.05) is 18.2 Å². The van der Waals surface area contributed by atoms with Crippen molar-refractivity contribution in [3.05, 3.63) is 18.2 Å². The van der Waals surface area contributed by atoms with E-state index in [2.05, 4.69) is 5.32 Å². The average molecular weight is 218 g/mol. The van der Waals surface area contributed by atoms with Crippen LogP contribution >= 0.6 is 0 Å². The molecule has 1 aromatic carbocycles. The summed E-state index contributed by atoms with van der Waals surface area (Å²) in [5, 5.41) is 3.50. The van der Waals surface area contributed by atoms with Gasteiger partial charge in [-0.15, -0.1) is 0 Å². The Hall–Kier alpha value is -1.38. The maximum Gasteiger partial charge on any atom is 0.144 e. The Morgan fingerprint density at radius 1 is 1.25 bits per heavy atom. The Balaban J connectivity index is 1.86. The van der Waals surface area contributed by atoms with Crippen LogP contribution in [0, 0.1) is 5.41 Å². The molecule has 0 bridgehead atoms. The number of hydrogen-bond donors (Lipinski definition) is 2. The summed E-state index contributed by atoms with van der Waals surface area (Å²) < 4.78 is 5.92. The number of nitrogen functional groups attached to an aromatic ring is 1. The summed E-state index contributed by atoms with van der Waals surface area (Å²) in [7, 11) is 0. The Kier molecular flexibility index (Phi) is 2.20. The first kappa shape index (κ1) is 9.82. The van der Waals surface area contributed by atoms with Crippen molar-refractivity contribution < 1.29 is 4.74 Å². The van der Waals surface area contributed by atoms with Crippen LogP contribution < -0.4 is 15.8 Å². The number of hydrogen-bond acceptors (Lipinski definition) is 3. The molecule has 86 valence electrons. The average Bonchev–Trinajstić information content (AvgIpc) is 2.66. The van der Waals surface area contributed by atoms with Crippen LogP contribution in [-0.2, 0) is 0 Å². The van der Waals surface area contributed by atoms with Gasteiger partial charge in [0.25, 0.3) is 0 Å². The van der Waals surface area contributed by atoms with Crippen LogP contribution in [0.3, 0.4) is 0 Å². The van der Waals surface area contributed by atoms with Gasteiger partial charge >= 0.3 is 0 Å². The van der Waals surface area contributed by atoms with E-state index in [9.17, 15) is 0 Å². The second-order valence-electron chi connectivity index (χ2n) is 5.10. The molecule has 1 saturated carbocycles. The highest BCUT2D eigenvalue weighted by molar-refractivity contribution is 5.63. The van der Waals surface area contributed by atoms with E-state index in [1.54, 1.807) is 0 Å². The summed E-state index contributed by atoms with van der Waals surface area (Å²) in [6.45, 7) is 1.86. The number of nitrogens with one attached hydrogen (secondary N) is 1. The van der Waals surface area contributed by atoms with Crippen molar-refractivity contribution in [2.24, 2.45) is 5.41 Å². The van der Waals surface area contributed by atoms with Crippen molar-refractivity contribution in [2.45, 2.75) is 25.7 Å². The lowest BCUT2D eigenvalue weighted by Crippen LogP contribution is -2.30. The summed E-state index contributed by atoms with van der Waals surface area (Å²) in [5.74, 6) is 0.906. The summed E-state index contributed by atoms with van der Waals surface area (Å²) in [6.07, 6.45) is 5.24. The summed E-state index contributed by atoms with van der Waals surface area (Å²) in [5.41, 5.74) is 7.97. The second kappa shape index (κ2) is 3.58. The Labute approximate surface area is 96.0 Å². The predicted octanol–water partition coefficient (Wildman–Crippen LogP) is 2.63. The van der Waals surface area contributed by atoms with Crippen LogP contribution in [0.4, 0.5) is 11.4 Å². The fraction of sp³-hybridized carbons (Fsp3) is 0.538. The van der Waals surface area contributed by atoms with E-state index in [4.69, 9.17) is 10.5 Å². The van der Waals surface area contributed by atoms with Gasteiger partial charge in [-0.25, -0.2) is 0 Å². The molecule has 0 radical (unpaired) electrons. The lowest BCUT2D eigenvalue weighted by Gasteiger charge is -2.25. The number of fused-ring (bicyclic) bond motifs is 1. The minimum absolute atomic E-state index is 0.355. The van der Waals surface area contributed by atoms with Crippen LogP contribution in [-0.4, -0.2) is 13.2 Å². The van der Waals surface area contributed by atoms with Crippen LogP contribution in [0.25, 0.3) is 0 Å². The van der Waals surface area contributed by atoms with Gasteiger partial charge in [-0.3, -0.25) is 0 Å². The maximum atomic E-state index is 5.92. The van der Waals surface area contributed by atoms with E-state index >= 15 is 0 Å². The summed E-state index contributed by atoms with van der Waals surface area (Å²) in [4.78, 5) is 0. The molecule has 3 N–H and O–H groups in total. The molecule has 3 heteroatoms. The van der Waals surface area contributed by atoms with Crippen LogP contribution in [0.1, 0.15) is 25.7 Å².